The third-order valence-corrected chi connectivity index (χ3v) is 2.83. The summed E-state index contributed by atoms with van der Waals surface area (Å²) >= 11 is 6.05. The number of rotatable bonds is 4. The summed E-state index contributed by atoms with van der Waals surface area (Å²) < 4.78 is 5.65. The number of aliphatic hydroxyl groups excluding tert-OH is 1. The third kappa shape index (κ3) is 3.00. The number of nitrogens with zero attached hydrogens (tertiary/aromatic N) is 1. The molecule has 0 radical (unpaired) electrons. The summed E-state index contributed by atoms with van der Waals surface area (Å²) in [6.07, 6.45) is 0. The molecule has 0 aliphatic carbocycles. The van der Waals surface area contributed by atoms with Crippen LogP contribution < -0.4 is 4.74 Å². The predicted molar refractivity (Wildman–Crippen MR) is 70.7 cm³/mol. The van der Waals surface area contributed by atoms with E-state index in [-0.39, 0.29) is 6.61 Å². The number of halogens is 1. The highest BCUT2D eigenvalue weighted by Gasteiger charge is 2.08. The fourth-order valence-corrected chi connectivity index (χ4v) is 1.91. The van der Waals surface area contributed by atoms with E-state index in [1.54, 1.807) is 18.2 Å². The van der Waals surface area contributed by atoms with Gasteiger partial charge in [0.25, 0.3) is 0 Å². The topological polar surface area (TPSA) is 42.4 Å². The van der Waals surface area contributed by atoms with Crippen LogP contribution >= 0.6 is 11.6 Å². The fraction of sp³-hybridized carbons (Fsp3) is 0.214. The molecule has 3 nitrogen and oxygen atoms in total. The molecule has 0 bridgehead atoms. The van der Waals surface area contributed by atoms with Crippen LogP contribution in [0.1, 0.15) is 17.0 Å². The van der Waals surface area contributed by atoms with Gasteiger partial charge in [-0.15, -0.1) is 0 Å². The molecule has 2 aromatic rings. The largest absolute Gasteiger partial charge is 0.485 e. The monoisotopic (exact) mass is 263 g/mol. The first kappa shape index (κ1) is 12.9. The number of aliphatic hydroxyl groups is 1. The van der Waals surface area contributed by atoms with Gasteiger partial charge >= 0.3 is 0 Å². The average Bonchev–Trinajstić information content (AvgIpc) is 2.37. The standard InChI is InChI=1S/C14H14ClNO2/c1-10-4-2-6-12(16-10)9-18-14-11(8-17)5-3-7-13(14)15/h2-7,17H,8-9H2,1H3. The molecule has 2 rings (SSSR count). The lowest BCUT2D eigenvalue weighted by Gasteiger charge is -2.11. The average molecular weight is 264 g/mol. The lowest BCUT2D eigenvalue weighted by Crippen LogP contribution is -2.01. The Hall–Kier alpha value is -1.58. The first-order valence-electron chi connectivity index (χ1n) is 5.64. The van der Waals surface area contributed by atoms with E-state index in [0.29, 0.717) is 22.9 Å². The van der Waals surface area contributed by atoms with Crippen molar-refractivity contribution in [2.45, 2.75) is 20.1 Å². The van der Waals surface area contributed by atoms with Gasteiger partial charge in [0.2, 0.25) is 0 Å². The maximum atomic E-state index is 9.23. The van der Waals surface area contributed by atoms with Gasteiger partial charge in [0.15, 0.2) is 0 Å². The van der Waals surface area contributed by atoms with E-state index in [4.69, 9.17) is 16.3 Å². The van der Waals surface area contributed by atoms with E-state index in [1.807, 2.05) is 25.1 Å². The van der Waals surface area contributed by atoms with E-state index in [9.17, 15) is 5.11 Å². The Bertz CT molecular complexity index is 543. The molecule has 1 heterocycles. The minimum Gasteiger partial charge on any atom is -0.485 e. The first-order valence-corrected chi connectivity index (χ1v) is 6.02. The van der Waals surface area contributed by atoms with Crippen molar-refractivity contribution in [2.24, 2.45) is 0 Å². The Morgan fingerprint density at radius 1 is 1.22 bits per heavy atom. The molecule has 94 valence electrons. The van der Waals surface area contributed by atoms with Crippen LogP contribution in [0.15, 0.2) is 36.4 Å². The summed E-state index contributed by atoms with van der Waals surface area (Å²) in [5, 5.41) is 9.72. The molecule has 18 heavy (non-hydrogen) atoms. The lowest BCUT2D eigenvalue weighted by atomic mass is 10.2. The van der Waals surface area contributed by atoms with Crippen LogP contribution in [0.2, 0.25) is 5.02 Å². The number of benzene rings is 1. The van der Waals surface area contributed by atoms with Crippen LogP contribution in [0.3, 0.4) is 0 Å². The Balaban J connectivity index is 2.15. The fourth-order valence-electron chi connectivity index (χ4n) is 1.67. The van der Waals surface area contributed by atoms with Crippen molar-refractivity contribution >= 4 is 11.6 Å². The van der Waals surface area contributed by atoms with Crippen molar-refractivity contribution < 1.29 is 9.84 Å². The van der Waals surface area contributed by atoms with E-state index >= 15 is 0 Å². The highest BCUT2D eigenvalue weighted by molar-refractivity contribution is 6.32. The number of aromatic nitrogens is 1. The minimum atomic E-state index is -0.100. The lowest BCUT2D eigenvalue weighted by molar-refractivity contribution is 0.257. The highest BCUT2D eigenvalue weighted by Crippen LogP contribution is 2.29. The minimum absolute atomic E-state index is 0.100. The third-order valence-electron chi connectivity index (χ3n) is 2.53. The molecule has 0 aliphatic heterocycles. The summed E-state index contributed by atoms with van der Waals surface area (Å²) in [6, 6.07) is 11.1. The number of hydrogen-bond donors (Lipinski definition) is 1. The second kappa shape index (κ2) is 5.85. The van der Waals surface area contributed by atoms with Crippen LogP contribution in [-0.2, 0) is 13.2 Å². The molecule has 0 saturated carbocycles. The van der Waals surface area contributed by atoms with Crippen molar-refractivity contribution in [1.29, 1.82) is 0 Å². The van der Waals surface area contributed by atoms with E-state index in [0.717, 1.165) is 11.4 Å². The van der Waals surface area contributed by atoms with Gasteiger partial charge in [0, 0.05) is 11.3 Å². The second-order valence-electron chi connectivity index (χ2n) is 3.95. The number of para-hydroxylation sites is 1. The van der Waals surface area contributed by atoms with E-state index in [2.05, 4.69) is 4.98 Å². The van der Waals surface area contributed by atoms with Gasteiger partial charge in [-0.25, -0.2) is 0 Å². The van der Waals surface area contributed by atoms with Crippen molar-refractivity contribution in [2.75, 3.05) is 0 Å². The molecule has 0 saturated heterocycles. The van der Waals surface area contributed by atoms with Gasteiger partial charge < -0.3 is 9.84 Å². The van der Waals surface area contributed by atoms with Crippen molar-refractivity contribution in [3.05, 3.63) is 58.4 Å². The van der Waals surface area contributed by atoms with Gasteiger partial charge in [-0.1, -0.05) is 29.8 Å². The quantitative estimate of drug-likeness (QED) is 0.922. The Morgan fingerprint density at radius 3 is 2.72 bits per heavy atom. The van der Waals surface area contributed by atoms with Crippen molar-refractivity contribution in [1.82, 2.24) is 4.98 Å². The Labute approximate surface area is 111 Å². The van der Waals surface area contributed by atoms with Gasteiger partial charge in [-0.2, -0.15) is 0 Å². The zero-order valence-electron chi connectivity index (χ0n) is 10.1. The molecule has 0 fully saturated rings. The number of ether oxygens (including phenoxy) is 1. The molecule has 0 spiro atoms. The smallest absolute Gasteiger partial charge is 0.143 e. The molecule has 1 aromatic carbocycles. The summed E-state index contributed by atoms with van der Waals surface area (Å²) in [6.45, 7) is 2.16. The summed E-state index contributed by atoms with van der Waals surface area (Å²) in [5.74, 6) is 0.518. The molecule has 0 unspecified atom stereocenters. The maximum Gasteiger partial charge on any atom is 0.143 e. The Kier molecular flexibility index (Phi) is 4.18. The van der Waals surface area contributed by atoms with Gasteiger partial charge in [0.1, 0.15) is 12.4 Å². The van der Waals surface area contributed by atoms with Gasteiger partial charge in [-0.3, -0.25) is 4.98 Å². The molecular weight excluding hydrogens is 250 g/mol. The zero-order chi connectivity index (χ0) is 13.0. The van der Waals surface area contributed by atoms with E-state index < -0.39 is 0 Å². The molecule has 4 heteroatoms. The van der Waals surface area contributed by atoms with Crippen LogP contribution in [0.25, 0.3) is 0 Å². The summed E-state index contributed by atoms with van der Waals surface area (Å²) in [4.78, 5) is 4.34. The van der Waals surface area contributed by atoms with Crippen molar-refractivity contribution in [3.63, 3.8) is 0 Å². The molecule has 0 atom stereocenters. The molecular formula is C14H14ClNO2. The van der Waals surface area contributed by atoms with Gasteiger partial charge in [-0.05, 0) is 25.1 Å². The summed E-state index contributed by atoms with van der Waals surface area (Å²) in [7, 11) is 0. The number of aryl methyl sites for hydroxylation is 1. The molecule has 0 aliphatic rings. The van der Waals surface area contributed by atoms with Crippen LogP contribution in [-0.4, -0.2) is 10.1 Å². The highest BCUT2D eigenvalue weighted by atomic mass is 35.5. The van der Waals surface area contributed by atoms with Crippen LogP contribution in [0.5, 0.6) is 5.75 Å². The first-order chi connectivity index (χ1) is 8.70. The normalized spacial score (nSPS) is 10.4. The second-order valence-corrected chi connectivity index (χ2v) is 4.35. The predicted octanol–water partition coefficient (Wildman–Crippen LogP) is 3.11. The Morgan fingerprint density at radius 2 is 2.00 bits per heavy atom. The number of hydrogen-bond acceptors (Lipinski definition) is 3. The molecule has 1 aromatic heterocycles. The molecule has 1 N–H and O–H groups in total. The SMILES string of the molecule is Cc1cccc(COc2c(Cl)cccc2CO)n1. The summed E-state index contributed by atoms with van der Waals surface area (Å²) in [5.41, 5.74) is 2.45. The van der Waals surface area contributed by atoms with E-state index in [1.165, 1.54) is 0 Å². The van der Waals surface area contributed by atoms with Crippen molar-refractivity contribution in [3.8, 4) is 5.75 Å². The molecule has 0 amide bonds. The van der Waals surface area contributed by atoms with Crippen LogP contribution in [0, 0.1) is 6.92 Å². The van der Waals surface area contributed by atoms with Gasteiger partial charge in [0.05, 0.1) is 17.3 Å². The number of pyridine rings is 1. The maximum absolute atomic E-state index is 9.23. The zero-order valence-corrected chi connectivity index (χ0v) is 10.8. The van der Waals surface area contributed by atoms with Crippen LogP contribution in [0.4, 0.5) is 0 Å².